The van der Waals surface area contributed by atoms with Gasteiger partial charge in [-0.25, -0.2) is 13.1 Å². The molecule has 144 valence electrons. The van der Waals surface area contributed by atoms with Crippen molar-refractivity contribution in [2.24, 2.45) is 0 Å². The molecule has 0 aliphatic rings. The van der Waals surface area contributed by atoms with Crippen molar-refractivity contribution in [2.75, 3.05) is 13.7 Å². The van der Waals surface area contributed by atoms with Gasteiger partial charge in [0.05, 0.1) is 22.5 Å². The topological polar surface area (TPSA) is 142 Å². The average molecular weight is 395 g/mol. The summed E-state index contributed by atoms with van der Waals surface area (Å²) in [7, 11) is -2.91. The van der Waals surface area contributed by atoms with Gasteiger partial charge in [-0.15, -0.1) is 0 Å². The first-order chi connectivity index (χ1) is 12.7. The minimum Gasteiger partial charge on any atom is -0.383 e. The standard InChI is InChI=1S/C16H17N3O7S/c1-26-11-13(9-12-5-3-2-4-6-12)17-27(24,25)16-8-7-14(18(20)21)10-15(16)19(22)23/h2-8,10,13,17H,9,11H2,1H3/t13-/m0/s1. The molecule has 1 atom stereocenters. The van der Waals surface area contributed by atoms with Gasteiger partial charge in [-0.1, -0.05) is 30.3 Å². The second-order valence-corrected chi connectivity index (χ2v) is 7.31. The summed E-state index contributed by atoms with van der Waals surface area (Å²) in [5.74, 6) is 0. The van der Waals surface area contributed by atoms with Gasteiger partial charge in [-0.2, -0.15) is 0 Å². The summed E-state index contributed by atoms with van der Waals surface area (Å²) in [6.07, 6.45) is 0.300. The van der Waals surface area contributed by atoms with Crippen molar-refractivity contribution in [2.45, 2.75) is 17.4 Å². The first-order valence-corrected chi connectivity index (χ1v) is 9.21. The third-order valence-electron chi connectivity index (χ3n) is 3.65. The average Bonchev–Trinajstić information content (AvgIpc) is 2.61. The van der Waals surface area contributed by atoms with Crippen LogP contribution in [0.4, 0.5) is 11.4 Å². The molecule has 0 fully saturated rings. The highest BCUT2D eigenvalue weighted by Crippen LogP contribution is 2.28. The summed E-state index contributed by atoms with van der Waals surface area (Å²) in [6, 6.07) is 10.7. The number of hydrogen-bond donors (Lipinski definition) is 1. The Balaban J connectivity index is 2.35. The van der Waals surface area contributed by atoms with Crippen LogP contribution in [-0.4, -0.2) is 38.0 Å². The Kier molecular flexibility index (Phi) is 6.55. The molecule has 0 saturated carbocycles. The monoisotopic (exact) mass is 395 g/mol. The lowest BCUT2D eigenvalue weighted by Crippen LogP contribution is -2.39. The van der Waals surface area contributed by atoms with Crippen LogP contribution in [0.5, 0.6) is 0 Å². The normalized spacial score (nSPS) is 12.5. The fourth-order valence-corrected chi connectivity index (χ4v) is 3.88. The number of nitro groups is 2. The second kappa shape index (κ2) is 8.66. The Bertz CT molecular complexity index is 932. The highest BCUT2D eigenvalue weighted by Gasteiger charge is 2.30. The van der Waals surface area contributed by atoms with E-state index in [1.807, 2.05) is 18.2 Å². The van der Waals surface area contributed by atoms with E-state index in [-0.39, 0.29) is 6.61 Å². The smallest absolute Gasteiger partial charge is 0.296 e. The molecule has 1 N–H and O–H groups in total. The Morgan fingerprint density at radius 2 is 1.74 bits per heavy atom. The van der Waals surface area contributed by atoms with Crippen LogP contribution in [0.3, 0.4) is 0 Å². The predicted octanol–water partition coefficient (Wildman–Crippen LogP) is 2.04. The molecule has 27 heavy (non-hydrogen) atoms. The molecule has 0 heterocycles. The number of sulfonamides is 1. The summed E-state index contributed by atoms with van der Waals surface area (Å²) >= 11 is 0. The molecular formula is C16H17N3O7S. The Hall–Kier alpha value is -2.89. The molecule has 11 heteroatoms. The summed E-state index contributed by atoms with van der Waals surface area (Å²) < 4.78 is 32.8. The first kappa shape index (κ1) is 20.4. The van der Waals surface area contributed by atoms with Gasteiger partial charge in [0.1, 0.15) is 0 Å². The number of benzene rings is 2. The van der Waals surface area contributed by atoms with E-state index in [9.17, 15) is 28.6 Å². The maximum atomic E-state index is 12.7. The molecule has 2 rings (SSSR count). The van der Waals surface area contributed by atoms with Crippen LogP contribution in [0.15, 0.2) is 53.4 Å². The quantitative estimate of drug-likeness (QED) is 0.506. The fraction of sp³-hybridized carbons (Fsp3) is 0.250. The molecule has 10 nitrogen and oxygen atoms in total. The third-order valence-corrected chi connectivity index (χ3v) is 5.22. The number of methoxy groups -OCH3 is 1. The molecule has 0 spiro atoms. The van der Waals surface area contributed by atoms with Crippen molar-refractivity contribution in [3.05, 3.63) is 74.3 Å². The van der Waals surface area contributed by atoms with E-state index in [1.165, 1.54) is 7.11 Å². The van der Waals surface area contributed by atoms with Crippen molar-refractivity contribution in [1.29, 1.82) is 0 Å². The van der Waals surface area contributed by atoms with E-state index in [4.69, 9.17) is 4.74 Å². The van der Waals surface area contributed by atoms with Gasteiger partial charge in [-0.3, -0.25) is 20.2 Å². The van der Waals surface area contributed by atoms with Gasteiger partial charge < -0.3 is 4.74 Å². The molecular weight excluding hydrogens is 378 g/mol. The van der Waals surface area contributed by atoms with Crippen molar-refractivity contribution >= 4 is 21.4 Å². The fourth-order valence-electron chi connectivity index (χ4n) is 2.51. The van der Waals surface area contributed by atoms with Gasteiger partial charge in [0.15, 0.2) is 4.90 Å². The van der Waals surface area contributed by atoms with Gasteiger partial charge in [-0.05, 0) is 18.1 Å². The zero-order valence-corrected chi connectivity index (χ0v) is 15.1. The second-order valence-electron chi connectivity index (χ2n) is 5.63. The van der Waals surface area contributed by atoms with Gasteiger partial charge >= 0.3 is 0 Å². The Labute approximate surface area is 155 Å². The summed E-state index contributed by atoms with van der Waals surface area (Å²) in [5, 5.41) is 22.0. The minimum absolute atomic E-state index is 0.0366. The van der Waals surface area contributed by atoms with E-state index >= 15 is 0 Å². The van der Waals surface area contributed by atoms with Crippen LogP contribution in [0, 0.1) is 20.2 Å². The summed E-state index contributed by atoms with van der Waals surface area (Å²) in [4.78, 5) is 19.6. The molecule has 0 unspecified atom stereocenters. The van der Waals surface area contributed by atoms with Crippen LogP contribution >= 0.6 is 0 Å². The third kappa shape index (κ3) is 5.29. The number of nitro benzene ring substituents is 2. The van der Waals surface area contributed by atoms with Crippen molar-refractivity contribution < 1.29 is 23.0 Å². The number of hydrogen-bond acceptors (Lipinski definition) is 7. The van der Waals surface area contributed by atoms with Crippen molar-refractivity contribution in [1.82, 2.24) is 4.72 Å². The van der Waals surface area contributed by atoms with Crippen LogP contribution in [-0.2, 0) is 21.2 Å². The van der Waals surface area contributed by atoms with Crippen LogP contribution in [0.2, 0.25) is 0 Å². The predicted molar refractivity (Wildman–Crippen MR) is 95.9 cm³/mol. The maximum Gasteiger partial charge on any atom is 0.296 e. The number of non-ortho nitro benzene ring substituents is 1. The highest BCUT2D eigenvalue weighted by molar-refractivity contribution is 7.89. The zero-order chi connectivity index (χ0) is 20.0. The number of rotatable bonds is 9. The molecule has 0 aliphatic heterocycles. The number of ether oxygens (including phenoxy) is 1. The lowest BCUT2D eigenvalue weighted by molar-refractivity contribution is -0.396. The molecule has 0 bridgehead atoms. The van der Waals surface area contributed by atoms with Gasteiger partial charge in [0, 0.05) is 19.2 Å². The SMILES string of the molecule is COC[C@H](Cc1ccccc1)NS(=O)(=O)c1ccc([N+](=O)[O-])cc1[N+](=O)[O-]. The van der Waals surface area contributed by atoms with Crippen LogP contribution in [0.25, 0.3) is 0 Å². The van der Waals surface area contributed by atoms with Gasteiger partial charge in [0.25, 0.3) is 11.4 Å². The molecule has 2 aromatic carbocycles. The Morgan fingerprint density at radius 3 is 2.30 bits per heavy atom. The molecule has 0 saturated heterocycles. The molecule has 0 amide bonds. The lowest BCUT2D eigenvalue weighted by Gasteiger charge is -2.18. The summed E-state index contributed by atoms with van der Waals surface area (Å²) in [5.41, 5.74) is -0.591. The Morgan fingerprint density at radius 1 is 1.07 bits per heavy atom. The number of nitrogens with zero attached hydrogens (tertiary/aromatic N) is 2. The zero-order valence-electron chi connectivity index (χ0n) is 14.3. The highest BCUT2D eigenvalue weighted by atomic mass is 32.2. The van der Waals surface area contributed by atoms with Crippen LogP contribution < -0.4 is 4.72 Å². The first-order valence-electron chi connectivity index (χ1n) is 7.72. The molecule has 0 radical (unpaired) electrons. The minimum atomic E-state index is -4.31. The molecule has 2 aromatic rings. The van der Waals surface area contributed by atoms with Gasteiger partial charge in [0.2, 0.25) is 10.0 Å². The van der Waals surface area contributed by atoms with Crippen LogP contribution in [0.1, 0.15) is 5.56 Å². The van der Waals surface area contributed by atoms with Crippen molar-refractivity contribution in [3.8, 4) is 0 Å². The molecule has 0 aliphatic carbocycles. The van der Waals surface area contributed by atoms with E-state index in [0.29, 0.717) is 12.5 Å². The lowest BCUT2D eigenvalue weighted by atomic mass is 10.1. The van der Waals surface area contributed by atoms with Crippen molar-refractivity contribution in [3.63, 3.8) is 0 Å². The van der Waals surface area contributed by atoms with E-state index in [0.717, 1.165) is 17.7 Å². The van der Waals surface area contributed by atoms with E-state index in [2.05, 4.69) is 4.72 Å². The summed E-state index contributed by atoms with van der Waals surface area (Å²) in [6.45, 7) is 0.0366. The molecule has 0 aromatic heterocycles. The largest absolute Gasteiger partial charge is 0.383 e. The van der Waals surface area contributed by atoms with E-state index < -0.39 is 42.2 Å². The van der Waals surface area contributed by atoms with E-state index in [1.54, 1.807) is 12.1 Å². The maximum absolute atomic E-state index is 12.7. The number of nitrogens with one attached hydrogen (secondary N) is 1.